The lowest BCUT2D eigenvalue weighted by Gasteiger charge is -2.21. The molecule has 1 N–H and O–H groups in total. The molecule has 170 valence electrons. The number of benzene rings is 1. The fourth-order valence-electron chi connectivity index (χ4n) is 4.32. The van der Waals surface area contributed by atoms with Gasteiger partial charge in [-0.3, -0.25) is 4.98 Å². The number of hydrogen-bond donors (Lipinski definition) is 1. The second-order valence-electron chi connectivity index (χ2n) is 8.10. The van der Waals surface area contributed by atoms with E-state index in [1.165, 1.54) is 17.3 Å². The first kappa shape index (κ1) is 22.3. The Morgan fingerprint density at radius 2 is 1.97 bits per heavy atom. The highest BCUT2D eigenvalue weighted by molar-refractivity contribution is 7.19. The Morgan fingerprint density at radius 3 is 2.76 bits per heavy atom. The number of fused-ring (bicyclic) bond motifs is 1. The molecular weight excluding hydrogens is 461 g/mol. The van der Waals surface area contributed by atoms with Crippen LogP contribution in [0, 0.1) is 11.7 Å². The Labute approximate surface area is 200 Å². The van der Waals surface area contributed by atoms with Crippen molar-refractivity contribution in [3.8, 4) is 11.3 Å². The van der Waals surface area contributed by atoms with Gasteiger partial charge < -0.3 is 10.1 Å². The summed E-state index contributed by atoms with van der Waals surface area (Å²) in [5.74, 6) is 0.273. The summed E-state index contributed by atoms with van der Waals surface area (Å²) in [5.41, 5.74) is 3.28. The molecule has 9 heteroatoms. The maximum atomic E-state index is 15.1. The van der Waals surface area contributed by atoms with Gasteiger partial charge in [0.2, 0.25) is 0 Å². The van der Waals surface area contributed by atoms with Crippen LogP contribution in [0.5, 0.6) is 0 Å². The van der Waals surface area contributed by atoms with E-state index in [0.717, 1.165) is 48.3 Å². The van der Waals surface area contributed by atoms with Gasteiger partial charge in [0.15, 0.2) is 5.15 Å². The van der Waals surface area contributed by atoms with Crippen LogP contribution in [0.15, 0.2) is 43.0 Å². The third kappa shape index (κ3) is 4.61. The van der Waals surface area contributed by atoms with Gasteiger partial charge in [0, 0.05) is 36.0 Å². The highest BCUT2D eigenvalue weighted by Gasteiger charge is 2.22. The van der Waals surface area contributed by atoms with Crippen molar-refractivity contribution in [2.24, 2.45) is 5.92 Å². The van der Waals surface area contributed by atoms with E-state index in [4.69, 9.17) is 16.3 Å². The SMILES string of the molecule is CNC(c1ccc(F)c(-c2ncnc3cc(CC4CCOCC4)sc23)c1)c1nccnc1Cl. The summed E-state index contributed by atoms with van der Waals surface area (Å²) in [7, 11) is 1.81. The van der Waals surface area contributed by atoms with Crippen LogP contribution in [-0.2, 0) is 11.2 Å². The number of halogens is 2. The number of hydrogen-bond acceptors (Lipinski definition) is 7. The second kappa shape index (κ2) is 9.77. The Bertz CT molecular complexity index is 1280. The van der Waals surface area contributed by atoms with Gasteiger partial charge in [-0.05, 0) is 56.0 Å². The van der Waals surface area contributed by atoms with Crippen LogP contribution in [0.25, 0.3) is 21.5 Å². The van der Waals surface area contributed by atoms with Crippen molar-refractivity contribution in [1.29, 1.82) is 0 Å². The van der Waals surface area contributed by atoms with Gasteiger partial charge in [-0.15, -0.1) is 11.3 Å². The van der Waals surface area contributed by atoms with Crippen LogP contribution in [0.1, 0.15) is 35.0 Å². The minimum absolute atomic E-state index is 0.308. The third-order valence-electron chi connectivity index (χ3n) is 6.01. The predicted octanol–water partition coefficient (Wildman–Crippen LogP) is 5.22. The van der Waals surface area contributed by atoms with Crippen molar-refractivity contribution in [1.82, 2.24) is 25.3 Å². The summed E-state index contributed by atoms with van der Waals surface area (Å²) in [6.07, 6.45) is 7.76. The zero-order valence-electron chi connectivity index (χ0n) is 18.1. The van der Waals surface area contributed by atoms with Crippen LogP contribution >= 0.6 is 22.9 Å². The molecule has 1 aromatic carbocycles. The van der Waals surface area contributed by atoms with Crippen LogP contribution in [0.3, 0.4) is 0 Å². The number of nitrogens with one attached hydrogen (secondary N) is 1. The van der Waals surface area contributed by atoms with Crippen LogP contribution in [0.4, 0.5) is 4.39 Å². The number of ether oxygens (including phenoxy) is 1. The lowest BCUT2D eigenvalue weighted by Crippen LogP contribution is -2.20. The molecule has 3 aromatic heterocycles. The summed E-state index contributed by atoms with van der Waals surface area (Å²) in [6, 6.07) is 6.77. The molecule has 0 spiro atoms. The molecule has 1 fully saturated rings. The minimum atomic E-state index is -0.338. The lowest BCUT2D eigenvalue weighted by molar-refractivity contribution is 0.0667. The molecule has 5 rings (SSSR count). The summed E-state index contributed by atoms with van der Waals surface area (Å²) < 4.78 is 21.4. The van der Waals surface area contributed by atoms with E-state index < -0.39 is 0 Å². The van der Waals surface area contributed by atoms with Crippen LogP contribution in [-0.4, -0.2) is 40.2 Å². The Morgan fingerprint density at radius 1 is 1.15 bits per heavy atom. The number of aromatic nitrogens is 4. The number of thiophene rings is 1. The van der Waals surface area contributed by atoms with E-state index in [1.807, 2.05) is 7.05 Å². The summed E-state index contributed by atoms with van der Waals surface area (Å²) in [6.45, 7) is 1.64. The van der Waals surface area contributed by atoms with Crippen molar-refractivity contribution < 1.29 is 9.13 Å². The molecule has 0 aliphatic carbocycles. The monoisotopic (exact) mass is 483 g/mol. The van der Waals surface area contributed by atoms with Gasteiger partial charge in [-0.2, -0.15) is 0 Å². The van der Waals surface area contributed by atoms with E-state index >= 15 is 4.39 Å². The smallest absolute Gasteiger partial charge is 0.152 e. The van der Waals surface area contributed by atoms with Gasteiger partial charge in [0.05, 0.1) is 27.6 Å². The highest BCUT2D eigenvalue weighted by atomic mass is 35.5. The van der Waals surface area contributed by atoms with Gasteiger partial charge in [-0.1, -0.05) is 17.7 Å². The third-order valence-corrected chi connectivity index (χ3v) is 7.46. The maximum Gasteiger partial charge on any atom is 0.152 e. The molecule has 33 heavy (non-hydrogen) atoms. The molecular formula is C24H23ClFN5OS. The van der Waals surface area contributed by atoms with E-state index in [9.17, 15) is 0 Å². The van der Waals surface area contributed by atoms with Crippen molar-refractivity contribution in [2.45, 2.75) is 25.3 Å². The average molecular weight is 484 g/mol. The molecule has 0 saturated carbocycles. The minimum Gasteiger partial charge on any atom is -0.381 e. The van der Waals surface area contributed by atoms with E-state index in [0.29, 0.717) is 28.0 Å². The normalized spacial score (nSPS) is 15.7. The Hall–Kier alpha value is -2.52. The van der Waals surface area contributed by atoms with Gasteiger partial charge in [-0.25, -0.2) is 19.3 Å². The lowest BCUT2D eigenvalue weighted by atomic mass is 9.96. The van der Waals surface area contributed by atoms with Crippen molar-refractivity contribution in [3.63, 3.8) is 0 Å². The molecule has 0 radical (unpaired) electrons. The van der Waals surface area contributed by atoms with Crippen molar-refractivity contribution >= 4 is 33.2 Å². The molecule has 1 aliphatic heterocycles. The number of rotatable bonds is 6. The fourth-order valence-corrected chi connectivity index (χ4v) is 5.76. The molecule has 4 aromatic rings. The molecule has 1 atom stereocenters. The standard InChI is InChI=1S/C24H23ClFN5OS/c1-27-20(22-24(25)29-7-6-28-22)15-2-3-18(26)17(11-15)21-23-19(30-13-31-21)12-16(33-23)10-14-4-8-32-9-5-14/h2-3,6-7,11-14,20,27H,4-5,8-10H2,1H3. The first-order valence-electron chi connectivity index (χ1n) is 10.9. The molecule has 6 nitrogen and oxygen atoms in total. The largest absolute Gasteiger partial charge is 0.381 e. The summed E-state index contributed by atoms with van der Waals surface area (Å²) >= 11 is 7.93. The fraction of sp³-hybridized carbons (Fsp3) is 0.333. The second-order valence-corrected chi connectivity index (χ2v) is 9.60. The van der Waals surface area contributed by atoms with Gasteiger partial charge in [0.1, 0.15) is 12.1 Å². The van der Waals surface area contributed by atoms with E-state index in [-0.39, 0.29) is 11.9 Å². The molecule has 0 amide bonds. The van der Waals surface area contributed by atoms with E-state index in [1.54, 1.807) is 35.9 Å². The zero-order chi connectivity index (χ0) is 22.8. The maximum absolute atomic E-state index is 15.1. The van der Waals surface area contributed by atoms with Crippen LogP contribution in [0.2, 0.25) is 5.15 Å². The molecule has 1 saturated heterocycles. The van der Waals surface area contributed by atoms with Gasteiger partial charge in [0.25, 0.3) is 0 Å². The molecule has 4 heterocycles. The molecule has 0 bridgehead atoms. The molecule has 1 unspecified atom stereocenters. The highest BCUT2D eigenvalue weighted by Crippen LogP contribution is 2.37. The first-order chi connectivity index (χ1) is 16.1. The summed E-state index contributed by atoms with van der Waals surface area (Å²) in [5, 5.41) is 3.52. The molecule has 1 aliphatic rings. The average Bonchev–Trinajstić information content (AvgIpc) is 3.25. The summed E-state index contributed by atoms with van der Waals surface area (Å²) in [4.78, 5) is 18.7. The zero-order valence-corrected chi connectivity index (χ0v) is 19.7. The predicted molar refractivity (Wildman–Crippen MR) is 128 cm³/mol. The quantitative estimate of drug-likeness (QED) is 0.405. The van der Waals surface area contributed by atoms with E-state index in [2.05, 4.69) is 31.3 Å². The Balaban J connectivity index is 1.53. The van der Waals surface area contributed by atoms with Crippen molar-refractivity contribution in [2.75, 3.05) is 20.3 Å². The van der Waals surface area contributed by atoms with Crippen molar-refractivity contribution in [3.05, 3.63) is 70.1 Å². The Kier molecular flexibility index (Phi) is 6.59. The topological polar surface area (TPSA) is 72.8 Å². The van der Waals surface area contributed by atoms with Gasteiger partial charge >= 0.3 is 0 Å². The van der Waals surface area contributed by atoms with Crippen LogP contribution < -0.4 is 5.32 Å². The number of nitrogens with zero attached hydrogens (tertiary/aromatic N) is 4. The first-order valence-corrected chi connectivity index (χ1v) is 12.1.